The summed E-state index contributed by atoms with van der Waals surface area (Å²) in [6.45, 7) is 4.46. The van der Waals surface area contributed by atoms with Crippen molar-refractivity contribution in [2.75, 3.05) is 0 Å². The van der Waals surface area contributed by atoms with Crippen LogP contribution in [0.5, 0.6) is 5.75 Å². The number of hydrogen-bond acceptors (Lipinski definition) is 4. The van der Waals surface area contributed by atoms with Gasteiger partial charge in [-0.3, -0.25) is 4.79 Å². The van der Waals surface area contributed by atoms with E-state index in [2.05, 4.69) is 10.5 Å². The highest BCUT2D eigenvalue weighted by Gasteiger charge is 2.06. The van der Waals surface area contributed by atoms with E-state index >= 15 is 0 Å². The molecule has 2 aromatic rings. The summed E-state index contributed by atoms with van der Waals surface area (Å²) >= 11 is 0. The Bertz CT molecular complexity index is 988. The van der Waals surface area contributed by atoms with Gasteiger partial charge < -0.3 is 9.84 Å². The first-order valence-electron chi connectivity index (χ1n) is 10.0. The molecule has 6 nitrogen and oxygen atoms in total. The van der Waals surface area contributed by atoms with Crippen LogP contribution in [0.25, 0.3) is 0 Å². The molecule has 1 aliphatic carbocycles. The predicted octanol–water partition coefficient (Wildman–Crippen LogP) is 4.90. The van der Waals surface area contributed by atoms with Crippen molar-refractivity contribution in [3.05, 3.63) is 101 Å². The zero-order valence-electron chi connectivity index (χ0n) is 17.6. The van der Waals surface area contributed by atoms with Crippen molar-refractivity contribution in [3.8, 4) is 5.75 Å². The second kappa shape index (κ2) is 12.6. The Morgan fingerprint density at radius 3 is 2.42 bits per heavy atom. The molecule has 0 saturated heterocycles. The molecule has 0 fully saturated rings. The lowest BCUT2D eigenvalue weighted by molar-refractivity contribution is -0.132. The quantitative estimate of drug-likeness (QED) is 0.494. The maximum absolute atomic E-state index is 12.2. The van der Waals surface area contributed by atoms with Crippen LogP contribution in [-0.4, -0.2) is 23.2 Å². The number of allylic oxidation sites excluding steroid dienone is 4. The number of ether oxygens (including phenoxy) is 1. The zero-order chi connectivity index (χ0) is 22.5. The smallest absolute Gasteiger partial charge is 0.335 e. The molecule has 31 heavy (non-hydrogen) atoms. The van der Waals surface area contributed by atoms with Crippen LogP contribution in [-0.2, 0) is 11.4 Å². The molecule has 6 heteroatoms. The average molecular weight is 418 g/mol. The van der Waals surface area contributed by atoms with E-state index in [4.69, 9.17) is 9.84 Å². The summed E-state index contributed by atoms with van der Waals surface area (Å²) in [6.07, 6.45) is 8.53. The van der Waals surface area contributed by atoms with Crippen LogP contribution < -0.4 is 10.2 Å². The molecule has 1 aliphatic rings. The molecule has 0 heterocycles. The van der Waals surface area contributed by atoms with Gasteiger partial charge in [-0.25, -0.2) is 10.2 Å². The summed E-state index contributed by atoms with van der Waals surface area (Å²) in [5, 5.41) is 12.9. The second-order valence-corrected chi connectivity index (χ2v) is 6.24. The molecule has 0 aromatic heterocycles. The van der Waals surface area contributed by atoms with Crippen LogP contribution in [0.1, 0.15) is 36.2 Å². The summed E-state index contributed by atoms with van der Waals surface area (Å²) in [5.74, 6) is -0.653. The van der Waals surface area contributed by atoms with Crippen molar-refractivity contribution in [2.45, 2.75) is 26.9 Å². The Labute approximate surface area is 182 Å². The first kappa shape index (κ1) is 23.3. The highest BCUT2D eigenvalue weighted by molar-refractivity contribution is 5.95. The van der Waals surface area contributed by atoms with Crippen LogP contribution in [0.3, 0.4) is 0 Å². The molecule has 0 saturated carbocycles. The summed E-state index contributed by atoms with van der Waals surface area (Å²) in [7, 11) is 0. The summed E-state index contributed by atoms with van der Waals surface area (Å²) < 4.78 is 5.70. The largest absolute Gasteiger partial charge is 0.489 e. The van der Waals surface area contributed by atoms with Gasteiger partial charge >= 0.3 is 5.97 Å². The van der Waals surface area contributed by atoms with Crippen molar-refractivity contribution >= 4 is 18.1 Å². The van der Waals surface area contributed by atoms with Crippen LogP contribution in [0, 0.1) is 0 Å². The lowest BCUT2D eigenvalue weighted by atomic mass is 10.2. The first-order valence-corrected chi connectivity index (χ1v) is 10.0. The second-order valence-electron chi connectivity index (χ2n) is 6.24. The fourth-order valence-corrected chi connectivity index (χ4v) is 2.57. The highest BCUT2D eigenvalue weighted by atomic mass is 16.5. The molecule has 2 aromatic carbocycles. The molecule has 0 radical (unpaired) electrons. The number of carboxylic acids is 1. The number of amides is 1. The van der Waals surface area contributed by atoms with Gasteiger partial charge in [0.2, 0.25) is 0 Å². The third-order valence-corrected chi connectivity index (χ3v) is 4.14. The minimum Gasteiger partial charge on any atom is -0.489 e. The van der Waals surface area contributed by atoms with E-state index in [0.717, 1.165) is 5.56 Å². The van der Waals surface area contributed by atoms with Crippen molar-refractivity contribution in [2.24, 2.45) is 5.10 Å². The number of aliphatic carboxylic acids is 1. The maximum atomic E-state index is 12.2. The average Bonchev–Trinajstić information content (AvgIpc) is 3.06. The van der Waals surface area contributed by atoms with Crippen molar-refractivity contribution < 1.29 is 19.4 Å². The summed E-state index contributed by atoms with van der Waals surface area (Å²) in [5.41, 5.74) is 4.91. The van der Waals surface area contributed by atoms with Crippen molar-refractivity contribution in [1.82, 2.24) is 5.43 Å². The van der Waals surface area contributed by atoms with Gasteiger partial charge in [0.25, 0.3) is 5.91 Å². The lowest BCUT2D eigenvalue weighted by Gasteiger charge is -2.07. The van der Waals surface area contributed by atoms with Gasteiger partial charge in [0, 0.05) is 5.56 Å². The minimum absolute atomic E-state index is 0.225. The van der Waals surface area contributed by atoms with E-state index in [1.54, 1.807) is 36.4 Å². The number of carboxylic acid groups (broad SMARTS) is 1. The fraction of sp³-hybridized carbons (Fsp3) is 0.160. The minimum atomic E-state index is -0.975. The third-order valence-electron chi connectivity index (χ3n) is 4.14. The normalized spacial score (nSPS) is 12.7. The Morgan fingerprint density at radius 2 is 1.74 bits per heavy atom. The fourth-order valence-electron chi connectivity index (χ4n) is 2.57. The first-order chi connectivity index (χ1) is 15.1. The molecule has 0 unspecified atom stereocenters. The van der Waals surface area contributed by atoms with Crippen molar-refractivity contribution in [1.29, 1.82) is 0 Å². The summed E-state index contributed by atoms with van der Waals surface area (Å²) in [6, 6.07) is 16.6. The number of carbonyl (C=O) groups excluding carboxylic acids is 1. The van der Waals surface area contributed by atoms with E-state index in [1.165, 1.54) is 12.3 Å². The molecule has 3 rings (SSSR count). The lowest BCUT2D eigenvalue weighted by Crippen LogP contribution is -2.17. The monoisotopic (exact) mass is 418 g/mol. The maximum Gasteiger partial charge on any atom is 0.335 e. The number of benzene rings is 2. The van der Waals surface area contributed by atoms with Crippen LogP contribution >= 0.6 is 0 Å². The van der Waals surface area contributed by atoms with Gasteiger partial charge in [0.15, 0.2) is 0 Å². The van der Waals surface area contributed by atoms with E-state index < -0.39 is 5.97 Å². The number of nitrogens with one attached hydrogen (secondary N) is 1. The van der Waals surface area contributed by atoms with Gasteiger partial charge in [0.1, 0.15) is 12.4 Å². The van der Waals surface area contributed by atoms with E-state index in [9.17, 15) is 9.59 Å². The zero-order valence-corrected chi connectivity index (χ0v) is 17.6. The Balaban J connectivity index is 0.00000166. The van der Waals surface area contributed by atoms with Gasteiger partial charge in [-0.05, 0) is 47.9 Å². The third kappa shape index (κ3) is 7.78. The molecular formula is C25H26N2O4. The number of nitrogens with zero attached hydrogens (tertiary/aromatic N) is 1. The summed E-state index contributed by atoms with van der Waals surface area (Å²) in [4.78, 5) is 23.2. The molecular weight excluding hydrogens is 392 g/mol. The van der Waals surface area contributed by atoms with Gasteiger partial charge in [-0.15, -0.1) is 0 Å². The molecule has 1 amide bonds. The molecule has 0 bridgehead atoms. The SMILES string of the molecule is CC.O=C(O)C1=CCC=C(/C=N/NC(=O)c2ccc(OCc3ccccc3)cc2)C=C1. The predicted molar refractivity (Wildman–Crippen MR) is 122 cm³/mol. The van der Waals surface area contributed by atoms with Gasteiger partial charge in [0.05, 0.1) is 11.8 Å². The molecule has 160 valence electrons. The van der Waals surface area contributed by atoms with Crippen LogP contribution in [0.2, 0.25) is 0 Å². The standard InChI is InChI=1S/C23H20N2O4.C2H6/c26-22(25-24-15-17-7-4-8-20(10-9-17)23(27)28)19-11-13-21(14-12-19)29-16-18-5-2-1-3-6-18;1-2/h1-3,5-15H,4,16H2,(H,25,26)(H,27,28);1-2H3/b24-15+;. The van der Waals surface area contributed by atoms with E-state index in [1.807, 2.05) is 50.3 Å². The van der Waals surface area contributed by atoms with Crippen LogP contribution in [0.4, 0.5) is 0 Å². The Hall–Kier alpha value is -3.93. The van der Waals surface area contributed by atoms with Crippen molar-refractivity contribution in [3.63, 3.8) is 0 Å². The number of hydrazone groups is 1. The van der Waals surface area contributed by atoms with Crippen LogP contribution in [0.15, 0.2) is 95.1 Å². The van der Waals surface area contributed by atoms with E-state index in [-0.39, 0.29) is 11.5 Å². The molecule has 2 N–H and O–H groups in total. The number of carbonyl (C=O) groups is 2. The Kier molecular flexibility index (Phi) is 9.49. The molecule has 0 atom stereocenters. The van der Waals surface area contributed by atoms with Gasteiger partial charge in [-0.1, -0.05) is 62.4 Å². The highest BCUT2D eigenvalue weighted by Crippen LogP contribution is 2.14. The van der Waals surface area contributed by atoms with E-state index in [0.29, 0.717) is 29.9 Å². The molecule has 0 aliphatic heterocycles. The number of rotatable bonds is 7. The topological polar surface area (TPSA) is 88.0 Å². The number of hydrogen-bond donors (Lipinski definition) is 2. The Morgan fingerprint density at radius 1 is 1.03 bits per heavy atom. The van der Waals surface area contributed by atoms with Gasteiger partial charge in [-0.2, -0.15) is 5.10 Å². The molecule has 0 spiro atoms.